The lowest BCUT2D eigenvalue weighted by Crippen LogP contribution is -1.91. The van der Waals surface area contributed by atoms with Gasteiger partial charge >= 0.3 is 0 Å². The number of benzene rings is 1. The molecule has 24 heavy (non-hydrogen) atoms. The maximum absolute atomic E-state index is 6.41. The maximum Gasteiger partial charge on any atom is 0.275 e. The standard InChI is InChI=1S/C16H9Cl3N4O/c17-9-2-3-11-10(6-9)14(19)15(21-11)16-22-13(23-24-16)5-8-1-4-12(18)20-7-8/h1-4,6-7,21H,5H2. The van der Waals surface area contributed by atoms with E-state index in [1.807, 2.05) is 12.1 Å². The van der Waals surface area contributed by atoms with E-state index in [0.717, 1.165) is 16.5 Å². The molecule has 0 spiro atoms. The highest BCUT2D eigenvalue weighted by Crippen LogP contribution is 2.35. The van der Waals surface area contributed by atoms with Crippen molar-refractivity contribution in [3.05, 3.63) is 63.1 Å². The molecule has 0 unspecified atom stereocenters. The molecule has 0 bridgehead atoms. The molecule has 1 N–H and O–H groups in total. The summed E-state index contributed by atoms with van der Waals surface area (Å²) < 4.78 is 5.33. The van der Waals surface area contributed by atoms with Crippen molar-refractivity contribution >= 4 is 45.7 Å². The Bertz CT molecular complexity index is 1020. The SMILES string of the molecule is Clc1ccc2[nH]c(-c3nc(Cc4ccc(Cl)nc4)no3)c(Cl)c2c1. The summed E-state index contributed by atoms with van der Waals surface area (Å²) in [6, 6.07) is 9.01. The fraction of sp³-hybridized carbons (Fsp3) is 0.0625. The third kappa shape index (κ3) is 2.86. The second-order valence-electron chi connectivity index (χ2n) is 5.19. The summed E-state index contributed by atoms with van der Waals surface area (Å²) in [6.45, 7) is 0. The maximum atomic E-state index is 6.41. The van der Waals surface area contributed by atoms with Crippen LogP contribution in [-0.2, 0) is 6.42 Å². The molecular formula is C16H9Cl3N4O. The molecule has 0 fully saturated rings. The van der Waals surface area contributed by atoms with Crippen LogP contribution < -0.4 is 0 Å². The van der Waals surface area contributed by atoms with Gasteiger partial charge in [-0.1, -0.05) is 46.0 Å². The quantitative estimate of drug-likeness (QED) is 0.499. The van der Waals surface area contributed by atoms with Crippen molar-refractivity contribution in [3.8, 4) is 11.6 Å². The van der Waals surface area contributed by atoms with Crippen LogP contribution in [0, 0.1) is 0 Å². The molecule has 3 heterocycles. The normalized spacial score (nSPS) is 11.3. The monoisotopic (exact) mass is 378 g/mol. The van der Waals surface area contributed by atoms with Gasteiger partial charge in [0.15, 0.2) is 5.82 Å². The number of H-pyrrole nitrogens is 1. The zero-order valence-corrected chi connectivity index (χ0v) is 14.3. The molecule has 1 aromatic carbocycles. The molecule has 0 saturated heterocycles. The minimum atomic E-state index is 0.323. The molecule has 0 aliphatic heterocycles. The van der Waals surface area contributed by atoms with Crippen LogP contribution in [0.2, 0.25) is 15.2 Å². The van der Waals surface area contributed by atoms with Gasteiger partial charge in [-0.15, -0.1) is 0 Å². The van der Waals surface area contributed by atoms with Crippen LogP contribution in [0.25, 0.3) is 22.5 Å². The molecule has 5 nitrogen and oxygen atoms in total. The number of nitrogens with one attached hydrogen (secondary N) is 1. The van der Waals surface area contributed by atoms with Crippen LogP contribution in [0.5, 0.6) is 0 Å². The van der Waals surface area contributed by atoms with Crippen LogP contribution in [0.3, 0.4) is 0 Å². The van der Waals surface area contributed by atoms with E-state index in [4.69, 9.17) is 39.3 Å². The summed E-state index contributed by atoms with van der Waals surface area (Å²) in [4.78, 5) is 11.6. The first-order chi connectivity index (χ1) is 11.6. The van der Waals surface area contributed by atoms with E-state index in [1.54, 1.807) is 24.4 Å². The van der Waals surface area contributed by atoms with E-state index < -0.39 is 0 Å². The molecule has 0 atom stereocenters. The number of nitrogens with zero attached hydrogens (tertiary/aromatic N) is 3. The van der Waals surface area contributed by atoms with Gasteiger partial charge < -0.3 is 9.51 Å². The first kappa shape index (κ1) is 15.4. The predicted octanol–water partition coefficient (Wildman–Crippen LogP) is 5.16. The molecule has 0 amide bonds. The number of aromatic nitrogens is 4. The van der Waals surface area contributed by atoms with Crippen molar-refractivity contribution in [2.75, 3.05) is 0 Å². The molecule has 0 aliphatic carbocycles. The van der Waals surface area contributed by atoms with Gasteiger partial charge in [0.05, 0.1) is 5.02 Å². The van der Waals surface area contributed by atoms with Crippen LogP contribution in [0.1, 0.15) is 11.4 Å². The Morgan fingerprint density at radius 3 is 2.75 bits per heavy atom. The number of aromatic amines is 1. The Morgan fingerprint density at radius 2 is 1.96 bits per heavy atom. The number of hydrogen-bond donors (Lipinski definition) is 1. The van der Waals surface area contributed by atoms with E-state index >= 15 is 0 Å². The highest BCUT2D eigenvalue weighted by Gasteiger charge is 2.17. The van der Waals surface area contributed by atoms with Crippen LogP contribution in [-0.4, -0.2) is 20.1 Å². The average molecular weight is 380 g/mol. The Hall–Kier alpha value is -2.08. The molecule has 120 valence electrons. The van der Waals surface area contributed by atoms with Gasteiger partial charge in [-0.2, -0.15) is 4.98 Å². The highest BCUT2D eigenvalue weighted by atomic mass is 35.5. The zero-order valence-electron chi connectivity index (χ0n) is 12.1. The third-order valence-corrected chi connectivity index (χ3v) is 4.38. The minimum absolute atomic E-state index is 0.323. The molecule has 4 aromatic rings. The van der Waals surface area contributed by atoms with Gasteiger partial charge in [-0.3, -0.25) is 0 Å². The molecule has 4 rings (SSSR count). The van der Waals surface area contributed by atoms with Crippen molar-refractivity contribution in [3.63, 3.8) is 0 Å². The van der Waals surface area contributed by atoms with Gasteiger partial charge in [0.25, 0.3) is 5.89 Å². The Balaban J connectivity index is 1.67. The van der Waals surface area contributed by atoms with Crippen molar-refractivity contribution in [1.29, 1.82) is 0 Å². The fourth-order valence-corrected chi connectivity index (χ4v) is 2.97. The van der Waals surface area contributed by atoms with E-state index in [9.17, 15) is 0 Å². The van der Waals surface area contributed by atoms with Gasteiger partial charge in [0.2, 0.25) is 0 Å². The Kier molecular flexibility index (Phi) is 3.92. The highest BCUT2D eigenvalue weighted by molar-refractivity contribution is 6.39. The minimum Gasteiger partial charge on any atom is -0.349 e. The summed E-state index contributed by atoms with van der Waals surface area (Å²) in [5.41, 5.74) is 2.35. The number of rotatable bonds is 3. The summed E-state index contributed by atoms with van der Waals surface area (Å²) in [5, 5.41) is 6.34. The lowest BCUT2D eigenvalue weighted by molar-refractivity contribution is 0.423. The zero-order chi connectivity index (χ0) is 16.7. The summed E-state index contributed by atoms with van der Waals surface area (Å²) >= 11 is 18.2. The van der Waals surface area contributed by atoms with Crippen LogP contribution >= 0.6 is 34.8 Å². The fourth-order valence-electron chi connectivity index (χ4n) is 2.40. The van der Waals surface area contributed by atoms with Gasteiger partial charge in [0, 0.05) is 28.5 Å². The topological polar surface area (TPSA) is 67.6 Å². The second kappa shape index (κ2) is 6.09. The lowest BCUT2D eigenvalue weighted by atomic mass is 10.2. The third-order valence-electron chi connectivity index (χ3n) is 3.53. The first-order valence-corrected chi connectivity index (χ1v) is 8.13. The van der Waals surface area contributed by atoms with Crippen molar-refractivity contribution in [2.45, 2.75) is 6.42 Å². The molecule has 0 radical (unpaired) electrons. The molecule has 0 saturated carbocycles. The summed E-state index contributed by atoms with van der Waals surface area (Å²) in [6.07, 6.45) is 2.16. The summed E-state index contributed by atoms with van der Waals surface area (Å²) in [7, 11) is 0. The van der Waals surface area contributed by atoms with Crippen molar-refractivity contribution in [1.82, 2.24) is 20.1 Å². The predicted molar refractivity (Wildman–Crippen MR) is 93.7 cm³/mol. The molecule has 0 aliphatic rings. The smallest absolute Gasteiger partial charge is 0.275 e. The molecule has 3 aromatic heterocycles. The van der Waals surface area contributed by atoms with Gasteiger partial charge in [-0.05, 0) is 29.8 Å². The largest absolute Gasteiger partial charge is 0.349 e. The van der Waals surface area contributed by atoms with Crippen molar-refractivity contribution < 1.29 is 4.52 Å². The summed E-state index contributed by atoms with van der Waals surface area (Å²) in [5.74, 6) is 0.853. The van der Waals surface area contributed by atoms with E-state index in [-0.39, 0.29) is 0 Å². The first-order valence-electron chi connectivity index (χ1n) is 7.00. The Morgan fingerprint density at radius 1 is 1.08 bits per heavy atom. The van der Waals surface area contributed by atoms with E-state index in [0.29, 0.717) is 39.0 Å². The number of fused-ring (bicyclic) bond motifs is 1. The van der Waals surface area contributed by atoms with Crippen LogP contribution in [0.15, 0.2) is 41.1 Å². The van der Waals surface area contributed by atoms with Gasteiger partial charge in [0.1, 0.15) is 10.8 Å². The number of hydrogen-bond acceptors (Lipinski definition) is 4. The van der Waals surface area contributed by atoms with E-state index in [1.165, 1.54) is 0 Å². The average Bonchev–Trinajstić information content (AvgIpc) is 3.15. The Labute approximate surface area is 151 Å². The molecular weight excluding hydrogens is 371 g/mol. The van der Waals surface area contributed by atoms with E-state index in [2.05, 4.69) is 20.1 Å². The lowest BCUT2D eigenvalue weighted by Gasteiger charge is -1.95. The van der Waals surface area contributed by atoms with Crippen molar-refractivity contribution in [2.24, 2.45) is 0 Å². The number of pyridine rings is 1. The molecule has 8 heteroatoms. The number of halogens is 3. The van der Waals surface area contributed by atoms with Crippen LogP contribution in [0.4, 0.5) is 0 Å². The second-order valence-corrected chi connectivity index (χ2v) is 6.39. The van der Waals surface area contributed by atoms with Gasteiger partial charge in [-0.25, -0.2) is 4.98 Å².